The summed E-state index contributed by atoms with van der Waals surface area (Å²) >= 11 is 5.42. The Labute approximate surface area is 96.0 Å². The van der Waals surface area contributed by atoms with E-state index < -0.39 is 31.7 Å². The molecule has 0 aliphatic carbocycles. The molecule has 0 amide bonds. The molecule has 16 heavy (non-hydrogen) atoms. The second-order valence-corrected chi connectivity index (χ2v) is 4.74. The molecule has 0 fully saturated rings. The third-order valence-corrected chi connectivity index (χ3v) is 2.91. The minimum absolute atomic E-state index is 0.196. The molecule has 2 N–H and O–H groups in total. The van der Waals surface area contributed by atoms with Gasteiger partial charge in [0.1, 0.15) is 4.90 Å². The minimum Gasteiger partial charge on any atom is -0.465 e. The summed E-state index contributed by atoms with van der Waals surface area (Å²) in [7, 11) is -3.19. The predicted molar refractivity (Wildman–Crippen MR) is 54.1 cm³/mol. The highest BCUT2D eigenvalue weighted by Gasteiger charge is 2.21. The summed E-state index contributed by atoms with van der Waals surface area (Å²) in [6.07, 6.45) is 0. The fraction of sp³-hybridized carbons (Fsp3) is 0.125. The quantitative estimate of drug-likeness (QED) is 0.807. The van der Waals surface area contributed by atoms with E-state index >= 15 is 0 Å². The number of carbonyl (C=O) groups is 1. The van der Waals surface area contributed by atoms with Crippen molar-refractivity contribution in [1.82, 2.24) is 0 Å². The van der Waals surface area contributed by atoms with Crippen LogP contribution in [0.5, 0.6) is 0 Å². The van der Waals surface area contributed by atoms with Crippen LogP contribution in [-0.4, -0.2) is 21.5 Å². The van der Waals surface area contributed by atoms with Crippen LogP contribution >= 0.6 is 11.6 Å². The van der Waals surface area contributed by atoms with E-state index in [1.54, 1.807) is 0 Å². The van der Waals surface area contributed by atoms with E-state index in [-0.39, 0.29) is 5.56 Å². The van der Waals surface area contributed by atoms with Crippen LogP contribution in [-0.2, 0) is 14.8 Å². The van der Waals surface area contributed by atoms with Crippen molar-refractivity contribution >= 4 is 27.6 Å². The monoisotopic (exact) mass is 267 g/mol. The van der Waals surface area contributed by atoms with Crippen LogP contribution in [0.1, 0.15) is 10.4 Å². The molecule has 0 aromatic heterocycles. The fourth-order valence-corrected chi connectivity index (χ4v) is 1.93. The highest BCUT2D eigenvalue weighted by molar-refractivity contribution is 7.89. The molecule has 0 bridgehead atoms. The lowest BCUT2D eigenvalue weighted by atomic mass is 10.2. The van der Waals surface area contributed by atoms with Crippen molar-refractivity contribution in [3.05, 3.63) is 28.5 Å². The van der Waals surface area contributed by atoms with Crippen molar-refractivity contribution in [3.63, 3.8) is 0 Å². The van der Waals surface area contributed by atoms with Gasteiger partial charge in [-0.15, -0.1) is 0 Å². The molecule has 1 rings (SSSR count). The first kappa shape index (κ1) is 12.9. The van der Waals surface area contributed by atoms with Crippen LogP contribution < -0.4 is 5.14 Å². The number of halogens is 2. The standard InChI is InChI=1S/C8H7ClFNO4S/c1-15-8(12)4-2-5(9)7(10)6(3-4)16(11,13)14/h2-3H,1H3,(H2,11,13,14). The number of methoxy groups -OCH3 is 1. The van der Waals surface area contributed by atoms with Crippen LogP contribution in [0, 0.1) is 5.82 Å². The Morgan fingerprint density at radius 2 is 2.06 bits per heavy atom. The first-order chi connectivity index (χ1) is 7.27. The van der Waals surface area contributed by atoms with E-state index in [4.69, 9.17) is 16.7 Å². The van der Waals surface area contributed by atoms with Gasteiger partial charge in [0.25, 0.3) is 0 Å². The summed E-state index contributed by atoms with van der Waals surface area (Å²) < 4.78 is 39.6. The van der Waals surface area contributed by atoms with Crippen LogP contribution in [0.15, 0.2) is 17.0 Å². The van der Waals surface area contributed by atoms with Gasteiger partial charge in [-0.05, 0) is 12.1 Å². The third kappa shape index (κ3) is 2.49. The van der Waals surface area contributed by atoms with E-state index in [1.807, 2.05) is 0 Å². The van der Waals surface area contributed by atoms with Crippen molar-refractivity contribution in [2.75, 3.05) is 7.11 Å². The van der Waals surface area contributed by atoms with Crippen molar-refractivity contribution in [2.45, 2.75) is 4.90 Å². The molecule has 8 heteroatoms. The van der Waals surface area contributed by atoms with Gasteiger partial charge in [-0.25, -0.2) is 22.7 Å². The number of esters is 1. The zero-order valence-electron chi connectivity index (χ0n) is 8.03. The first-order valence-corrected chi connectivity index (χ1v) is 5.80. The highest BCUT2D eigenvalue weighted by atomic mass is 35.5. The summed E-state index contributed by atoms with van der Waals surface area (Å²) in [4.78, 5) is 10.3. The average Bonchev–Trinajstić information content (AvgIpc) is 2.18. The van der Waals surface area contributed by atoms with Gasteiger partial charge < -0.3 is 4.74 Å². The second-order valence-electron chi connectivity index (χ2n) is 2.81. The molecule has 1 aromatic carbocycles. The van der Waals surface area contributed by atoms with E-state index in [1.165, 1.54) is 0 Å². The number of primary sulfonamides is 1. The third-order valence-electron chi connectivity index (χ3n) is 1.72. The number of hydrogen-bond donors (Lipinski definition) is 1. The molecule has 0 spiro atoms. The van der Waals surface area contributed by atoms with Crippen LogP contribution in [0.25, 0.3) is 0 Å². The Morgan fingerprint density at radius 3 is 2.50 bits per heavy atom. The lowest BCUT2D eigenvalue weighted by molar-refractivity contribution is 0.0600. The zero-order chi connectivity index (χ0) is 12.5. The molecule has 0 unspecified atom stereocenters. The molecule has 1 aromatic rings. The molecule has 5 nitrogen and oxygen atoms in total. The fourth-order valence-electron chi connectivity index (χ4n) is 1.01. The van der Waals surface area contributed by atoms with Crippen molar-refractivity contribution in [3.8, 4) is 0 Å². The van der Waals surface area contributed by atoms with Gasteiger partial charge in [0, 0.05) is 0 Å². The van der Waals surface area contributed by atoms with E-state index in [2.05, 4.69) is 4.74 Å². The van der Waals surface area contributed by atoms with Crippen molar-refractivity contribution in [2.24, 2.45) is 5.14 Å². The van der Waals surface area contributed by atoms with Crippen molar-refractivity contribution < 1.29 is 22.3 Å². The van der Waals surface area contributed by atoms with Gasteiger partial charge in [0.2, 0.25) is 10.0 Å². The van der Waals surface area contributed by atoms with E-state index in [9.17, 15) is 17.6 Å². The molecule has 0 saturated heterocycles. The molecule has 0 aliphatic rings. The van der Waals surface area contributed by atoms with Crippen LogP contribution in [0.3, 0.4) is 0 Å². The highest BCUT2D eigenvalue weighted by Crippen LogP contribution is 2.24. The van der Waals surface area contributed by atoms with Gasteiger partial charge in [-0.1, -0.05) is 11.6 Å². The van der Waals surface area contributed by atoms with Gasteiger partial charge in [0.05, 0.1) is 17.7 Å². The Balaban J connectivity index is 3.52. The number of rotatable bonds is 2. The number of nitrogens with two attached hydrogens (primary N) is 1. The second kappa shape index (κ2) is 4.36. The summed E-state index contributed by atoms with van der Waals surface area (Å²) in [5, 5.41) is 4.24. The molecule has 0 aliphatic heterocycles. The number of benzene rings is 1. The Hall–Kier alpha value is -1.18. The zero-order valence-corrected chi connectivity index (χ0v) is 9.60. The Kier molecular flexibility index (Phi) is 3.51. The molecular formula is C8H7ClFNO4S. The van der Waals surface area contributed by atoms with Gasteiger partial charge in [-0.2, -0.15) is 0 Å². The van der Waals surface area contributed by atoms with Crippen LogP contribution in [0.4, 0.5) is 4.39 Å². The smallest absolute Gasteiger partial charge is 0.337 e. The largest absolute Gasteiger partial charge is 0.465 e. The molecule has 88 valence electrons. The molecule has 0 atom stereocenters. The van der Waals surface area contributed by atoms with E-state index in [0.717, 1.165) is 19.2 Å². The molecule has 0 radical (unpaired) electrons. The Morgan fingerprint density at radius 1 is 1.50 bits per heavy atom. The van der Waals surface area contributed by atoms with Crippen molar-refractivity contribution in [1.29, 1.82) is 0 Å². The number of carbonyl (C=O) groups excluding carboxylic acids is 1. The first-order valence-electron chi connectivity index (χ1n) is 3.87. The van der Waals surface area contributed by atoms with Crippen LogP contribution in [0.2, 0.25) is 5.02 Å². The summed E-state index contributed by atoms with van der Waals surface area (Å²) in [6.45, 7) is 0. The maximum absolute atomic E-state index is 13.3. The lowest BCUT2D eigenvalue weighted by Gasteiger charge is -2.05. The molecular weight excluding hydrogens is 261 g/mol. The Bertz CT molecular complexity index is 543. The number of hydrogen-bond acceptors (Lipinski definition) is 4. The maximum atomic E-state index is 13.3. The normalized spacial score (nSPS) is 11.2. The molecule has 0 heterocycles. The topological polar surface area (TPSA) is 86.5 Å². The SMILES string of the molecule is COC(=O)c1cc(Cl)c(F)c(S(N)(=O)=O)c1. The predicted octanol–water partition coefficient (Wildman–Crippen LogP) is 0.913. The van der Waals surface area contributed by atoms with Gasteiger partial charge in [-0.3, -0.25) is 0 Å². The number of ether oxygens (including phenoxy) is 1. The molecule has 0 saturated carbocycles. The summed E-state index contributed by atoms with van der Waals surface area (Å²) in [5.74, 6) is -2.04. The van der Waals surface area contributed by atoms with E-state index in [0.29, 0.717) is 0 Å². The minimum atomic E-state index is -4.29. The average molecular weight is 268 g/mol. The summed E-state index contributed by atoms with van der Waals surface area (Å²) in [5.41, 5.74) is -0.196. The maximum Gasteiger partial charge on any atom is 0.337 e. The van der Waals surface area contributed by atoms with Gasteiger partial charge in [0.15, 0.2) is 5.82 Å². The lowest BCUT2D eigenvalue weighted by Crippen LogP contribution is -2.15. The van der Waals surface area contributed by atoms with Gasteiger partial charge >= 0.3 is 5.97 Å². The summed E-state index contributed by atoms with van der Waals surface area (Å²) in [6, 6.07) is 1.72. The number of sulfonamides is 1.